The van der Waals surface area contributed by atoms with E-state index < -0.39 is 0 Å². The van der Waals surface area contributed by atoms with Crippen molar-refractivity contribution in [1.29, 1.82) is 0 Å². The number of hydrogen-bond acceptors (Lipinski definition) is 3. The number of morpholine rings is 1. The van der Waals surface area contributed by atoms with Crippen molar-refractivity contribution in [1.82, 2.24) is 10.2 Å². The number of hydrogen-bond donors (Lipinski definition) is 1. The second kappa shape index (κ2) is 4.49. The van der Waals surface area contributed by atoms with Crippen LogP contribution < -0.4 is 5.32 Å². The summed E-state index contributed by atoms with van der Waals surface area (Å²) in [5, 5.41) is 3.32. The summed E-state index contributed by atoms with van der Waals surface area (Å²) in [5.41, 5.74) is 0. The first-order valence-electron chi connectivity index (χ1n) is 5.85. The van der Waals surface area contributed by atoms with Gasteiger partial charge in [-0.3, -0.25) is 4.79 Å². The van der Waals surface area contributed by atoms with E-state index in [4.69, 9.17) is 4.74 Å². The highest BCUT2D eigenvalue weighted by atomic mass is 16.5. The lowest BCUT2D eigenvalue weighted by atomic mass is 10.0. The molecule has 0 saturated carbocycles. The fraction of sp³-hybridized carbons (Fsp3) is 0.909. The number of amides is 1. The van der Waals surface area contributed by atoms with Crippen molar-refractivity contribution < 1.29 is 9.53 Å². The third-order valence-corrected chi connectivity index (χ3v) is 3.27. The quantitative estimate of drug-likeness (QED) is 0.683. The van der Waals surface area contributed by atoms with Crippen LogP contribution in [0.4, 0.5) is 0 Å². The number of ether oxygens (including phenoxy) is 1. The Morgan fingerprint density at radius 1 is 1.33 bits per heavy atom. The Morgan fingerprint density at radius 3 is 2.67 bits per heavy atom. The molecule has 0 radical (unpaired) electrons. The van der Waals surface area contributed by atoms with E-state index in [-0.39, 0.29) is 18.1 Å². The molecular weight excluding hydrogens is 192 g/mol. The summed E-state index contributed by atoms with van der Waals surface area (Å²) in [5.74, 6) is 0.167. The molecule has 2 rings (SSSR count). The molecule has 0 aromatic heterocycles. The Morgan fingerprint density at radius 2 is 2.00 bits per heavy atom. The minimum atomic E-state index is -0.261. The van der Waals surface area contributed by atoms with Gasteiger partial charge in [0.25, 0.3) is 5.91 Å². The van der Waals surface area contributed by atoms with E-state index in [0.717, 1.165) is 32.5 Å². The molecule has 0 aromatic carbocycles. The normalized spacial score (nSPS) is 34.5. The summed E-state index contributed by atoms with van der Waals surface area (Å²) >= 11 is 0. The number of carbonyl (C=O) groups is 1. The predicted octanol–water partition coefficient (Wildman–Crippen LogP) is 0.374. The molecule has 1 amide bonds. The third-order valence-electron chi connectivity index (χ3n) is 3.27. The van der Waals surface area contributed by atoms with E-state index in [1.54, 1.807) is 0 Å². The summed E-state index contributed by atoms with van der Waals surface area (Å²) < 4.78 is 5.51. The largest absolute Gasteiger partial charge is 0.364 e. The maximum Gasteiger partial charge on any atom is 0.251 e. The molecule has 2 saturated heterocycles. The molecular formula is C11H20N2O2. The molecule has 15 heavy (non-hydrogen) atoms. The molecule has 0 spiro atoms. The Labute approximate surface area is 91.0 Å². The lowest BCUT2D eigenvalue weighted by Crippen LogP contribution is -2.56. The Bertz CT molecular complexity index is 239. The average molecular weight is 212 g/mol. The maximum atomic E-state index is 12.0. The predicted molar refractivity (Wildman–Crippen MR) is 57.6 cm³/mol. The van der Waals surface area contributed by atoms with Crippen molar-refractivity contribution in [3.05, 3.63) is 0 Å². The molecule has 1 unspecified atom stereocenters. The van der Waals surface area contributed by atoms with Gasteiger partial charge in [0.15, 0.2) is 0 Å². The summed E-state index contributed by atoms with van der Waals surface area (Å²) in [6.07, 6.45) is 2.06. The lowest BCUT2D eigenvalue weighted by molar-refractivity contribution is -0.163. The molecule has 1 N–H and O–H groups in total. The smallest absolute Gasteiger partial charge is 0.251 e. The van der Waals surface area contributed by atoms with Crippen molar-refractivity contribution in [2.75, 3.05) is 19.6 Å². The van der Waals surface area contributed by atoms with E-state index >= 15 is 0 Å². The van der Waals surface area contributed by atoms with Crippen molar-refractivity contribution in [3.63, 3.8) is 0 Å². The van der Waals surface area contributed by atoms with E-state index in [9.17, 15) is 4.79 Å². The van der Waals surface area contributed by atoms with Crippen molar-refractivity contribution >= 4 is 5.91 Å². The average Bonchev–Trinajstić information content (AvgIpc) is 2.24. The maximum absolute atomic E-state index is 12.0. The van der Waals surface area contributed by atoms with Gasteiger partial charge in [-0.1, -0.05) is 0 Å². The first kappa shape index (κ1) is 10.9. The minimum Gasteiger partial charge on any atom is -0.364 e. The van der Waals surface area contributed by atoms with E-state index in [1.807, 2.05) is 18.7 Å². The molecule has 4 heteroatoms. The fourth-order valence-corrected chi connectivity index (χ4v) is 2.50. The van der Waals surface area contributed by atoms with Gasteiger partial charge < -0.3 is 15.0 Å². The molecule has 86 valence electrons. The number of piperidine rings is 1. The highest BCUT2D eigenvalue weighted by Gasteiger charge is 2.34. The van der Waals surface area contributed by atoms with Crippen LogP contribution in [0.15, 0.2) is 0 Å². The van der Waals surface area contributed by atoms with Gasteiger partial charge in [-0.15, -0.1) is 0 Å². The summed E-state index contributed by atoms with van der Waals surface area (Å²) in [7, 11) is 0. The number of carbonyl (C=O) groups excluding carboxylic acids is 1. The van der Waals surface area contributed by atoms with Crippen molar-refractivity contribution in [2.24, 2.45) is 0 Å². The van der Waals surface area contributed by atoms with E-state index in [2.05, 4.69) is 5.32 Å². The van der Waals surface area contributed by atoms with Crippen LogP contribution in [0.25, 0.3) is 0 Å². The Hall–Kier alpha value is -0.610. The van der Waals surface area contributed by atoms with Gasteiger partial charge >= 0.3 is 0 Å². The second-order valence-electron chi connectivity index (χ2n) is 4.56. The van der Waals surface area contributed by atoms with Crippen molar-refractivity contribution in [2.45, 2.75) is 44.9 Å². The topological polar surface area (TPSA) is 41.6 Å². The van der Waals surface area contributed by atoms with Gasteiger partial charge in [-0.25, -0.2) is 0 Å². The highest BCUT2D eigenvalue weighted by molar-refractivity contribution is 5.81. The van der Waals surface area contributed by atoms with Crippen LogP contribution in [0.1, 0.15) is 26.7 Å². The standard InChI is InChI=1S/C11H20N2O2/c1-8-7-13(11(14)9(2)15-8)10-3-5-12-6-4-10/h8-10,12H,3-7H2,1-2H3/t8-,9?/m0/s1. The number of nitrogens with zero attached hydrogens (tertiary/aromatic N) is 1. The molecule has 0 bridgehead atoms. The molecule has 2 fully saturated rings. The van der Waals surface area contributed by atoms with E-state index in [0.29, 0.717) is 6.04 Å². The zero-order chi connectivity index (χ0) is 10.8. The lowest BCUT2D eigenvalue weighted by Gasteiger charge is -2.41. The first-order valence-corrected chi connectivity index (χ1v) is 5.85. The minimum absolute atomic E-state index is 0.167. The van der Waals surface area contributed by atoms with Gasteiger partial charge in [0.2, 0.25) is 0 Å². The summed E-state index contributed by atoms with van der Waals surface area (Å²) in [4.78, 5) is 14.0. The summed E-state index contributed by atoms with van der Waals surface area (Å²) in [6, 6.07) is 0.424. The van der Waals surface area contributed by atoms with E-state index in [1.165, 1.54) is 0 Å². The van der Waals surface area contributed by atoms with Crippen LogP contribution in [-0.4, -0.2) is 48.7 Å². The van der Waals surface area contributed by atoms with Gasteiger partial charge in [-0.05, 0) is 39.8 Å². The third kappa shape index (κ3) is 2.32. The monoisotopic (exact) mass is 212 g/mol. The van der Waals surface area contributed by atoms with Gasteiger partial charge in [0.05, 0.1) is 6.10 Å². The van der Waals surface area contributed by atoms with Crippen LogP contribution in [-0.2, 0) is 9.53 Å². The molecule has 2 heterocycles. The van der Waals surface area contributed by atoms with Crippen LogP contribution in [0, 0.1) is 0 Å². The molecule has 2 aliphatic rings. The highest BCUT2D eigenvalue weighted by Crippen LogP contribution is 2.19. The molecule has 2 atom stereocenters. The SMILES string of the molecule is CC1O[C@@H](C)CN(C2CCNCC2)C1=O. The zero-order valence-corrected chi connectivity index (χ0v) is 9.53. The Balaban J connectivity index is 2.02. The van der Waals surface area contributed by atoms with Crippen molar-refractivity contribution in [3.8, 4) is 0 Å². The van der Waals surface area contributed by atoms with Gasteiger partial charge in [0.1, 0.15) is 6.10 Å². The van der Waals surface area contributed by atoms with Crippen LogP contribution >= 0.6 is 0 Å². The van der Waals surface area contributed by atoms with Crippen LogP contribution in [0.5, 0.6) is 0 Å². The summed E-state index contributed by atoms with van der Waals surface area (Å²) in [6.45, 7) is 6.70. The first-order chi connectivity index (χ1) is 7.18. The Kier molecular flexibility index (Phi) is 3.26. The molecule has 0 aliphatic carbocycles. The molecule has 0 aromatic rings. The van der Waals surface area contributed by atoms with Gasteiger partial charge in [0, 0.05) is 12.6 Å². The van der Waals surface area contributed by atoms with Crippen LogP contribution in [0.3, 0.4) is 0 Å². The van der Waals surface area contributed by atoms with Crippen LogP contribution in [0.2, 0.25) is 0 Å². The molecule has 4 nitrogen and oxygen atoms in total. The number of nitrogens with one attached hydrogen (secondary N) is 1. The zero-order valence-electron chi connectivity index (χ0n) is 9.53. The molecule has 2 aliphatic heterocycles. The second-order valence-corrected chi connectivity index (χ2v) is 4.56. The number of rotatable bonds is 1. The van der Waals surface area contributed by atoms with Gasteiger partial charge in [-0.2, -0.15) is 0 Å². The fourth-order valence-electron chi connectivity index (χ4n) is 2.50.